The van der Waals surface area contributed by atoms with Crippen LogP contribution in [0.25, 0.3) is 98.0 Å². The van der Waals surface area contributed by atoms with E-state index in [1.807, 2.05) is 72.8 Å². The lowest BCUT2D eigenvalue weighted by Gasteiger charge is -2.09. The quantitative estimate of drug-likeness (QED) is 0.184. The van der Waals surface area contributed by atoms with Gasteiger partial charge < -0.3 is 4.42 Å². The zero-order chi connectivity index (χ0) is 39.1. The van der Waals surface area contributed by atoms with Crippen LogP contribution in [0.1, 0.15) is 9.60 Å². The van der Waals surface area contributed by atoms with Gasteiger partial charge in [-0.2, -0.15) is 0 Å². The van der Waals surface area contributed by atoms with Gasteiger partial charge in [-0.25, -0.2) is 9.97 Å². The van der Waals surface area contributed by atoms with E-state index in [4.69, 9.17) is 14.0 Å². The molecule has 0 radical (unpaired) electrons. The first kappa shape index (κ1) is 22.3. The summed E-state index contributed by atoms with van der Waals surface area (Å²) in [5.74, 6) is 0. The molecule has 0 N–H and O–H groups in total. The largest absolute Gasteiger partial charge is 0.452 e. The van der Waals surface area contributed by atoms with Crippen molar-refractivity contribution in [3.63, 3.8) is 0 Å². The van der Waals surface area contributed by atoms with Crippen molar-refractivity contribution < 1.29 is 14.0 Å². The minimum Gasteiger partial charge on any atom is -0.452 e. The molecule has 4 heteroatoms. The number of hydrogen-bond acceptors (Lipinski definition) is 4. The van der Waals surface area contributed by atoms with Crippen LogP contribution in [0.5, 0.6) is 0 Å². The van der Waals surface area contributed by atoms with Gasteiger partial charge >= 0.3 is 0 Å². The highest BCUT2D eigenvalue weighted by Gasteiger charge is 2.17. The molecule has 0 spiro atoms. The van der Waals surface area contributed by atoms with Crippen LogP contribution in [-0.2, 0) is 0 Å². The number of nitrogens with zero attached hydrogens (tertiary/aromatic N) is 2. The van der Waals surface area contributed by atoms with Crippen molar-refractivity contribution in [3.8, 4) is 55.8 Å². The van der Waals surface area contributed by atoms with E-state index in [2.05, 4.69) is 58.5 Å². The summed E-state index contributed by atoms with van der Waals surface area (Å²) in [6, 6.07) is 38.6. The van der Waals surface area contributed by atoms with Crippen molar-refractivity contribution in [1.29, 1.82) is 0 Å². The molecule has 0 unspecified atom stereocenters. The Morgan fingerprint density at radius 2 is 1.14 bits per heavy atom. The summed E-state index contributed by atoms with van der Waals surface area (Å²) in [6.07, 6.45) is 1.56. The number of benzene rings is 7. The van der Waals surface area contributed by atoms with E-state index in [9.17, 15) is 0 Å². The fourth-order valence-corrected chi connectivity index (χ4v) is 7.77. The van der Waals surface area contributed by atoms with Gasteiger partial charge in [0.1, 0.15) is 23.1 Å². The molecule has 3 nitrogen and oxygen atoms in total. The minimum atomic E-state index is -0.394. The molecule has 3 aromatic heterocycles. The zero-order valence-electron chi connectivity index (χ0n) is 33.3. The number of aromatic nitrogens is 2. The number of thiophene rings is 1. The van der Waals surface area contributed by atoms with E-state index in [1.165, 1.54) is 5.56 Å². The average molecular weight is 664 g/mol. The van der Waals surface area contributed by atoms with E-state index in [-0.39, 0.29) is 47.0 Å². The molecule has 3 heterocycles. The van der Waals surface area contributed by atoms with Crippen LogP contribution in [-0.4, -0.2) is 9.97 Å². The number of hydrogen-bond donors (Lipinski definition) is 0. The molecule has 0 aliphatic heterocycles. The molecule has 0 saturated carbocycles. The number of furan rings is 1. The van der Waals surface area contributed by atoms with Crippen molar-refractivity contribution in [2.24, 2.45) is 0 Å². The molecule has 7 aromatic carbocycles. The smallest absolute Gasteiger partial charge is 0.180 e. The lowest BCUT2D eigenvalue weighted by atomic mass is 9.96. The molecule has 50 heavy (non-hydrogen) atoms. The molecule has 0 amide bonds. The summed E-state index contributed by atoms with van der Waals surface area (Å²) in [6.45, 7) is 0. The zero-order valence-corrected chi connectivity index (χ0v) is 27.2. The Morgan fingerprint density at radius 3 is 1.98 bits per heavy atom. The van der Waals surface area contributed by atoms with E-state index in [1.54, 1.807) is 6.33 Å². The Hall–Kier alpha value is -6.36. The van der Waals surface area contributed by atoms with Gasteiger partial charge in [0.25, 0.3) is 0 Å². The Labute approximate surface area is 302 Å². The fraction of sp³-hybridized carbons (Fsp3) is 0. The molecular weight excluding hydrogens is 629 g/mol. The van der Waals surface area contributed by atoms with Crippen LogP contribution >= 0.6 is 11.3 Å². The first-order valence-corrected chi connectivity index (χ1v) is 17.0. The third kappa shape index (κ3) is 4.80. The molecule has 10 aromatic rings. The second-order valence-electron chi connectivity index (χ2n) is 12.1. The van der Waals surface area contributed by atoms with E-state index < -0.39 is 6.04 Å². The third-order valence-corrected chi connectivity index (χ3v) is 10.3. The van der Waals surface area contributed by atoms with Crippen molar-refractivity contribution in [2.45, 2.75) is 0 Å². The third-order valence-electron chi connectivity index (χ3n) is 9.13. The lowest BCUT2D eigenvalue weighted by Crippen LogP contribution is -1.88. The highest BCUT2D eigenvalue weighted by molar-refractivity contribution is 7.26. The summed E-state index contributed by atoms with van der Waals surface area (Å²) in [7, 11) is 0. The number of fused-ring (bicyclic) bond motifs is 6. The average Bonchev–Trinajstić information content (AvgIpc) is 3.84. The van der Waals surface area contributed by atoms with Crippen molar-refractivity contribution in [3.05, 3.63) is 170 Å². The van der Waals surface area contributed by atoms with Gasteiger partial charge in [0.2, 0.25) is 0 Å². The van der Waals surface area contributed by atoms with Crippen LogP contribution in [0, 0.1) is 0 Å². The van der Waals surface area contributed by atoms with Crippen LogP contribution in [0.4, 0.5) is 0 Å². The molecule has 0 saturated heterocycles. The van der Waals surface area contributed by atoms with Crippen LogP contribution in [0.2, 0.25) is 0 Å². The van der Waals surface area contributed by atoms with Crippen LogP contribution < -0.4 is 0 Å². The van der Waals surface area contributed by atoms with Crippen LogP contribution in [0.3, 0.4) is 0 Å². The monoisotopic (exact) mass is 663 g/mol. The van der Waals surface area contributed by atoms with Crippen molar-refractivity contribution in [2.75, 3.05) is 0 Å². The van der Waals surface area contributed by atoms with Crippen molar-refractivity contribution in [1.82, 2.24) is 9.97 Å². The second kappa shape index (κ2) is 11.7. The maximum absolute atomic E-state index is 8.97. The van der Waals surface area contributed by atoms with Gasteiger partial charge in [0, 0.05) is 31.1 Å². The highest BCUT2D eigenvalue weighted by atomic mass is 32.1. The summed E-state index contributed by atoms with van der Waals surface area (Å²) in [5, 5.41) is 1.36. The molecule has 0 bridgehead atoms. The first-order chi connectivity index (χ1) is 27.7. The van der Waals surface area contributed by atoms with E-state index in [0.29, 0.717) is 42.9 Å². The van der Waals surface area contributed by atoms with Gasteiger partial charge in [-0.05, 0) is 74.8 Å². The summed E-state index contributed by atoms with van der Waals surface area (Å²) >= 11 is 1.13. The normalized spacial score (nSPS) is 13.6. The van der Waals surface area contributed by atoms with Gasteiger partial charge in [0.15, 0.2) is 5.58 Å². The highest BCUT2D eigenvalue weighted by Crippen LogP contribution is 2.41. The fourth-order valence-electron chi connectivity index (χ4n) is 6.68. The predicted octanol–water partition coefficient (Wildman–Crippen LogP) is 13.1. The van der Waals surface area contributed by atoms with Crippen molar-refractivity contribution >= 4 is 53.6 Å². The minimum absolute atomic E-state index is 0.138. The Morgan fingerprint density at radius 1 is 0.500 bits per heavy atom. The molecule has 0 aliphatic rings. The molecule has 10 rings (SSSR count). The SMILES string of the molecule is [2H]c1c([2H])c([2H])c2c(sc3c(-c4cccc(-c5cccc(-c6ncnc7c6oc6ccc(-c8ccc(-c9ccccc9)cc8)cc67)c5)c4)c([2H])c([2H])c([2H])c32)c1[2H]. The molecule has 0 atom stereocenters. The second-order valence-corrected chi connectivity index (χ2v) is 13.1. The molecule has 0 aliphatic carbocycles. The molecular formula is C46H28N2OS. The van der Waals surface area contributed by atoms with Crippen LogP contribution in [0.15, 0.2) is 174 Å². The first-order valence-electron chi connectivity index (χ1n) is 19.6. The van der Waals surface area contributed by atoms with Gasteiger partial charge in [0.05, 0.1) is 9.60 Å². The standard InChI is InChI=1S/C46H28N2OS/c1-2-9-29(10-3-1)30-19-21-31(22-20-30)34-23-24-41-40(27-34)44-45(49-41)43(47-28-48-44)36-14-7-12-33(26-36)32-11-6-13-35(25-32)37-16-8-17-39-38-15-4-5-18-42(38)50-46(37)39/h1-28H/i4D,5D,8D,15D,16D,17D,18D. The molecule has 234 valence electrons. The Balaban J connectivity index is 1.05. The summed E-state index contributed by atoms with van der Waals surface area (Å²) in [4.78, 5) is 9.34. The van der Waals surface area contributed by atoms with Gasteiger partial charge in [-0.1, -0.05) is 133 Å². The topological polar surface area (TPSA) is 38.9 Å². The maximum atomic E-state index is 8.97. The molecule has 0 fully saturated rings. The summed E-state index contributed by atoms with van der Waals surface area (Å²) < 4.78 is 67.3. The lowest BCUT2D eigenvalue weighted by molar-refractivity contribution is 0.667. The van der Waals surface area contributed by atoms with Gasteiger partial charge in [-0.15, -0.1) is 11.3 Å². The summed E-state index contributed by atoms with van der Waals surface area (Å²) in [5.41, 5.74) is 10.7. The predicted molar refractivity (Wildman–Crippen MR) is 209 cm³/mol. The maximum Gasteiger partial charge on any atom is 0.180 e. The number of rotatable bonds is 5. The Kier molecular flexibility index (Phi) is 5.20. The van der Waals surface area contributed by atoms with E-state index >= 15 is 0 Å². The van der Waals surface area contributed by atoms with E-state index in [0.717, 1.165) is 50.1 Å². The van der Waals surface area contributed by atoms with Gasteiger partial charge in [-0.3, -0.25) is 0 Å². The Bertz CT molecular complexity index is 3270.